The van der Waals surface area contributed by atoms with E-state index in [0.717, 1.165) is 7.11 Å². The standard InChI is InChI=1S/C15H13N3O4S/c1-22-13(21)15(7-11(19)9-5-3-2-4-6-9)10(8-16)12(20)17-14(23)18-15/h2-6,10H,7H2,1H3,(H2,17,18,20,23)/t10-,15-/m0/s1. The summed E-state index contributed by atoms with van der Waals surface area (Å²) in [6.45, 7) is 0. The monoisotopic (exact) mass is 331 g/mol. The van der Waals surface area contributed by atoms with Crippen LogP contribution in [-0.2, 0) is 14.3 Å². The second-order valence-corrected chi connectivity index (χ2v) is 5.34. The lowest BCUT2D eigenvalue weighted by molar-refractivity contribution is -0.152. The van der Waals surface area contributed by atoms with E-state index < -0.39 is 35.5 Å². The molecule has 0 spiro atoms. The molecular formula is C15H13N3O4S. The molecule has 23 heavy (non-hydrogen) atoms. The van der Waals surface area contributed by atoms with Crippen molar-refractivity contribution >= 4 is 35.0 Å². The second kappa shape index (κ2) is 6.54. The number of methoxy groups -OCH3 is 1. The Morgan fingerprint density at radius 2 is 2.04 bits per heavy atom. The molecule has 1 saturated heterocycles. The van der Waals surface area contributed by atoms with Gasteiger partial charge < -0.3 is 15.4 Å². The summed E-state index contributed by atoms with van der Waals surface area (Å²) < 4.78 is 4.71. The van der Waals surface area contributed by atoms with Crippen molar-refractivity contribution in [2.24, 2.45) is 5.92 Å². The van der Waals surface area contributed by atoms with Gasteiger partial charge in [0.15, 0.2) is 22.4 Å². The smallest absolute Gasteiger partial charge is 0.334 e. The van der Waals surface area contributed by atoms with Gasteiger partial charge in [-0.1, -0.05) is 30.3 Å². The zero-order chi connectivity index (χ0) is 17.0. The molecule has 7 nitrogen and oxygen atoms in total. The van der Waals surface area contributed by atoms with Gasteiger partial charge in [0.25, 0.3) is 0 Å². The number of rotatable bonds is 4. The predicted octanol–water partition coefficient (Wildman–Crippen LogP) is 0.315. The first-order chi connectivity index (χ1) is 10.9. The molecule has 1 fully saturated rings. The van der Waals surface area contributed by atoms with Gasteiger partial charge in [0.2, 0.25) is 5.91 Å². The molecule has 2 atom stereocenters. The molecule has 1 heterocycles. The van der Waals surface area contributed by atoms with Gasteiger partial charge in [-0.2, -0.15) is 5.26 Å². The van der Waals surface area contributed by atoms with E-state index in [1.54, 1.807) is 36.4 Å². The van der Waals surface area contributed by atoms with Gasteiger partial charge >= 0.3 is 5.97 Å². The number of carbonyl (C=O) groups excluding carboxylic acids is 3. The first-order valence-corrected chi connectivity index (χ1v) is 7.04. The number of carbonyl (C=O) groups is 3. The van der Waals surface area contributed by atoms with Crippen LogP contribution in [0.4, 0.5) is 0 Å². The van der Waals surface area contributed by atoms with Gasteiger partial charge in [0.1, 0.15) is 0 Å². The van der Waals surface area contributed by atoms with E-state index in [9.17, 15) is 19.6 Å². The Hall–Kier alpha value is -2.79. The Morgan fingerprint density at radius 1 is 1.39 bits per heavy atom. The number of hydrogen-bond acceptors (Lipinski definition) is 6. The summed E-state index contributed by atoms with van der Waals surface area (Å²) in [6, 6.07) is 10.00. The minimum absolute atomic E-state index is 0.132. The van der Waals surface area contributed by atoms with Gasteiger partial charge in [0, 0.05) is 12.0 Å². The third-order valence-electron chi connectivity index (χ3n) is 3.54. The fraction of sp³-hybridized carbons (Fsp3) is 0.267. The SMILES string of the molecule is COC(=O)[C@@]1(CC(=O)c2ccccc2)NC(=S)NC(=O)[C@@H]1C#N. The van der Waals surface area contributed by atoms with E-state index in [0.29, 0.717) is 5.56 Å². The number of amides is 1. The van der Waals surface area contributed by atoms with Crippen LogP contribution in [0.15, 0.2) is 30.3 Å². The van der Waals surface area contributed by atoms with E-state index in [2.05, 4.69) is 10.6 Å². The number of Topliss-reactive ketones (excluding diaryl/α,β-unsaturated/α-hetero) is 1. The maximum Gasteiger partial charge on any atom is 0.334 e. The highest BCUT2D eigenvalue weighted by molar-refractivity contribution is 7.80. The Labute approximate surface area is 137 Å². The van der Waals surface area contributed by atoms with Crippen LogP contribution in [0.2, 0.25) is 0 Å². The van der Waals surface area contributed by atoms with Crippen LogP contribution in [0.3, 0.4) is 0 Å². The zero-order valence-electron chi connectivity index (χ0n) is 12.2. The Balaban J connectivity index is 2.45. The quantitative estimate of drug-likeness (QED) is 0.464. The Bertz CT molecular complexity index is 713. The van der Waals surface area contributed by atoms with Crippen molar-refractivity contribution in [2.45, 2.75) is 12.0 Å². The molecule has 1 amide bonds. The minimum Gasteiger partial charge on any atom is -0.467 e. The number of nitriles is 1. The molecule has 0 aromatic heterocycles. The summed E-state index contributed by atoms with van der Waals surface area (Å²) in [5.41, 5.74) is -1.50. The predicted molar refractivity (Wildman–Crippen MR) is 83.1 cm³/mol. The average Bonchev–Trinajstić information content (AvgIpc) is 2.54. The molecule has 2 rings (SSSR count). The molecule has 118 valence electrons. The van der Waals surface area contributed by atoms with Crippen molar-refractivity contribution in [2.75, 3.05) is 7.11 Å². The lowest BCUT2D eigenvalue weighted by Crippen LogP contribution is -2.70. The van der Waals surface area contributed by atoms with Crippen molar-refractivity contribution < 1.29 is 19.1 Å². The fourth-order valence-electron chi connectivity index (χ4n) is 2.43. The van der Waals surface area contributed by atoms with E-state index in [4.69, 9.17) is 17.0 Å². The highest BCUT2D eigenvalue weighted by Gasteiger charge is 2.55. The summed E-state index contributed by atoms with van der Waals surface area (Å²) in [5.74, 6) is -3.51. The number of ether oxygens (including phenoxy) is 1. The number of nitrogens with one attached hydrogen (secondary N) is 2. The third kappa shape index (κ3) is 3.05. The lowest BCUT2D eigenvalue weighted by atomic mass is 9.77. The van der Waals surface area contributed by atoms with Crippen LogP contribution in [-0.4, -0.2) is 35.4 Å². The summed E-state index contributed by atoms with van der Waals surface area (Å²) >= 11 is 4.90. The van der Waals surface area contributed by atoms with Gasteiger partial charge in [0.05, 0.1) is 13.2 Å². The molecule has 1 aliphatic rings. The molecule has 1 aromatic carbocycles. The highest BCUT2D eigenvalue weighted by Crippen LogP contribution is 2.28. The number of thiocarbonyl (C=S) groups is 1. The largest absolute Gasteiger partial charge is 0.467 e. The van der Waals surface area contributed by atoms with Crippen LogP contribution >= 0.6 is 12.2 Å². The third-order valence-corrected chi connectivity index (χ3v) is 3.75. The van der Waals surface area contributed by atoms with E-state index in [-0.39, 0.29) is 5.11 Å². The highest BCUT2D eigenvalue weighted by atomic mass is 32.1. The first-order valence-electron chi connectivity index (χ1n) is 6.64. The fourth-order valence-corrected chi connectivity index (χ4v) is 2.71. The normalized spacial score (nSPS) is 23.2. The van der Waals surface area contributed by atoms with Crippen LogP contribution in [0, 0.1) is 17.2 Å². The molecule has 0 aliphatic carbocycles. The molecule has 0 radical (unpaired) electrons. The number of esters is 1. The van der Waals surface area contributed by atoms with E-state index in [1.807, 2.05) is 0 Å². The molecule has 1 aromatic rings. The minimum atomic E-state index is -1.85. The maximum absolute atomic E-state index is 12.5. The molecule has 0 bridgehead atoms. The number of hydrogen-bond donors (Lipinski definition) is 2. The molecule has 0 saturated carbocycles. The Morgan fingerprint density at radius 3 is 2.61 bits per heavy atom. The summed E-state index contributed by atoms with van der Waals surface area (Å²) in [7, 11) is 1.11. The number of benzene rings is 1. The number of ketones is 1. The van der Waals surface area contributed by atoms with Gasteiger partial charge in [-0.05, 0) is 12.2 Å². The van der Waals surface area contributed by atoms with Gasteiger partial charge in [-0.3, -0.25) is 9.59 Å². The summed E-state index contributed by atoms with van der Waals surface area (Å²) in [6.07, 6.45) is -0.435. The maximum atomic E-state index is 12.5. The van der Waals surface area contributed by atoms with Crippen molar-refractivity contribution in [1.29, 1.82) is 5.26 Å². The van der Waals surface area contributed by atoms with Gasteiger partial charge in [-0.25, -0.2) is 4.79 Å². The topological polar surface area (TPSA) is 108 Å². The summed E-state index contributed by atoms with van der Waals surface area (Å²) in [5, 5.41) is 14.0. The molecule has 0 unspecified atom stereocenters. The van der Waals surface area contributed by atoms with E-state index >= 15 is 0 Å². The summed E-state index contributed by atoms with van der Waals surface area (Å²) in [4.78, 5) is 36.8. The zero-order valence-corrected chi connectivity index (χ0v) is 13.0. The van der Waals surface area contributed by atoms with Crippen molar-refractivity contribution in [3.63, 3.8) is 0 Å². The van der Waals surface area contributed by atoms with Gasteiger partial charge in [-0.15, -0.1) is 0 Å². The molecule has 2 N–H and O–H groups in total. The second-order valence-electron chi connectivity index (χ2n) is 4.93. The number of nitrogens with zero attached hydrogens (tertiary/aromatic N) is 1. The molecule has 8 heteroatoms. The van der Waals surface area contributed by atoms with E-state index in [1.165, 1.54) is 0 Å². The van der Waals surface area contributed by atoms with Crippen LogP contribution < -0.4 is 10.6 Å². The van der Waals surface area contributed by atoms with Crippen molar-refractivity contribution in [3.8, 4) is 6.07 Å². The molecular weight excluding hydrogens is 318 g/mol. The van der Waals surface area contributed by atoms with Crippen LogP contribution in [0.25, 0.3) is 0 Å². The van der Waals surface area contributed by atoms with Crippen LogP contribution in [0.5, 0.6) is 0 Å². The first kappa shape index (κ1) is 16.6. The average molecular weight is 331 g/mol. The molecule has 1 aliphatic heterocycles. The Kier molecular flexibility index (Phi) is 4.71. The lowest BCUT2D eigenvalue weighted by Gasteiger charge is -2.38. The van der Waals surface area contributed by atoms with Crippen molar-refractivity contribution in [3.05, 3.63) is 35.9 Å². The van der Waals surface area contributed by atoms with Crippen LogP contribution in [0.1, 0.15) is 16.8 Å². The van der Waals surface area contributed by atoms with Crippen molar-refractivity contribution in [1.82, 2.24) is 10.6 Å².